The van der Waals surface area contributed by atoms with E-state index in [2.05, 4.69) is 42.8 Å². The molecule has 6 nitrogen and oxygen atoms in total. The SMILES string of the molecule is CC(C)(C)/C=C1\N[C@@H](C(=O)NC2CCC(O)CC2)[C@H](c2cccc(Cl)c2)[C@]12C(=O)Nc1cc(Cl)ccc12. The molecule has 3 aliphatic rings. The number of carbonyl (C=O) groups is 2. The minimum Gasteiger partial charge on any atom is -0.393 e. The maximum Gasteiger partial charge on any atom is 0.243 e. The van der Waals surface area contributed by atoms with Crippen molar-refractivity contribution in [2.45, 2.75) is 76.0 Å². The number of allylic oxidation sites excluding steroid dienone is 1. The fourth-order valence-corrected chi connectivity index (χ4v) is 6.50. The monoisotopic (exact) mass is 541 g/mol. The molecule has 37 heavy (non-hydrogen) atoms. The summed E-state index contributed by atoms with van der Waals surface area (Å²) >= 11 is 12.7. The molecule has 2 heterocycles. The highest BCUT2D eigenvalue weighted by Gasteiger charge is 2.63. The minimum absolute atomic E-state index is 0.0206. The number of aliphatic hydroxyl groups excluding tert-OH is 1. The lowest BCUT2D eigenvalue weighted by molar-refractivity contribution is -0.124. The summed E-state index contributed by atoms with van der Waals surface area (Å²) < 4.78 is 0. The highest BCUT2D eigenvalue weighted by atomic mass is 35.5. The Balaban J connectivity index is 1.68. The molecule has 3 atom stereocenters. The van der Waals surface area contributed by atoms with E-state index < -0.39 is 17.4 Å². The maximum absolute atomic E-state index is 14.1. The quantitative estimate of drug-likeness (QED) is 0.425. The van der Waals surface area contributed by atoms with Crippen LogP contribution in [0.4, 0.5) is 5.69 Å². The highest BCUT2D eigenvalue weighted by Crippen LogP contribution is 2.57. The standard InChI is InChI=1S/C29H33Cl2N3O3/c1-28(2,3)15-23-29(21-12-7-18(31)14-22(21)33-27(29)37)24(16-5-4-6-17(30)13-16)25(34-23)26(36)32-19-8-10-20(35)11-9-19/h4-7,12-15,19-20,24-25,34-35H,8-11H2,1-3H3,(H,32,36)(H,33,37)/b23-15-/t19?,20?,24-,25+,29+/m0/s1. The fraction of sp³-hybridized carbons (Fsp3) is 0.448. The summed E-state index contributed by atoms with van der Waals surface area (Å²) in [5.41, 5.74) is 1.49. The first-order valence-electron chi connectivity index (χ1n) is 12.8. The zero-order chi connectivity index (χ0) is 26.5. The van der Waals surface area contributed by atoms with Gasteiger partial charge in [0.05, 0.1) is 6.10 Å². The Bertz CT molecular complexity index is 1260. The molecule has 2 aliphatic heterocycles. The zero-order valence-corrected chi connectivity index (χ0v) is 22.8. The van der Waals surface area contributed by atoms with Crippen LogP contribution in [0.3, 0.4) is 0 Å². The predicted molar refractivity (Wildman–Crippen MR) is 147 cm³/mol. The van der Waals surface area contributed by atoms with Gasteiger partial charge in [0, 0.05) is 33.4 Å². The van der Waals surface area contributed by atoms with Crippen LogP contribution >= 0.6 is 23.2 Å². The van der Waals surface area contributed by atoms with E-state index >= 15 is 0 Å². The Morgan fingerprint density at radius 2 is 1.78 bits per heavy atom. The lowest BCUT2D eigenvalue weighted by Gasteiger charge is -2.33. The number of rotatable bonds is 3. The van der Waals surface area contributed by atoms with Crippen molar-refractivity contribution in [3.63, 3.8) is 0 Å². The average molecular weight is 543 g/mol. The van der Waals surface area contributed by atoms with Gasteiger partial charge in [-0.15, -0.1) is 0 Å². The summed E-state index contributed by atoms with van der Waals surface area (Å²) in [6.45, 7) is 6.21. The summed E-state index contributed by atoms with van der Waals surface area (Å²) in [5.74, 6) is -0.927. The van der Waals surface area contributed by atoms with E-state index in [4.69, 9.17) is 23.2 Å². The second-order valence-electron chi connectivity index (χ2n) is 11.5. The summed E-state index contributed by atoms with van der Waals surface area (Å²) in [6.07, 6.45) is 4.51. The molecule has 8 heteroatoms. The van der Waals surface area contributed by atoms with Crippen molar-refractivity contribution in [3.05, 3.63) is 75.4 Å². The third-order valence-corrected chi connectivity index (χ3v) is 8.13. The largest absolute Gasteiger partial charge is 0.393 e. The molecule has 2 fully saturated rings. The second kappa shape index (κ2) is 9.64. The molecule has 0 unspecified atom stereocenters. The summed E-state index contributed by atoms with van der Waals surface area (Å²) in [7, 11) is 0. The molecule has 0 radical (unpaired) electrons. The van der Waals surface area contributed by atoms with E-state index in [1.54, 1.807) is 18.2 Å². The molecule has 5 rings (SSSR count). The summed E-state index contributed by atoms with van der Waals surface area (Å²) in [4.78, 5) is 28.0. The molecular formula is C29H33Cl2N3O3. The van der Waals surface area contributed by atoms with E-state index in [1.807, 2.05) is 24.3 Å². The number of fused-ring (bicyclic) bond motifs is 2. The number of nitrogens with one attached hydrogen (secondary N) is 3. The third kappa shape index (κ3) is 4.75. The van der Waals surface area contributed by atoms with E-state index in [0.717, 1.165) is 24.0 Å². The number of anilines is 1. The fourth-order valence-electron chi connectivity index (χ4n) is 6.12. The number of carbonyl (C=O) groups excluding carboxylic acids is 2. The molecule has 0 bridgehead atoms. The van der Waals surface area contributed by atoms with Gasteiger partial charge in [-0.3, -0.25) is 9.59 Å². The van der Waals surface area contributed by atoms with Crippen LogP contribution in [0.1, 0.15) is 63.5 Å². The van der Waals surface area contributed by atoms with Gasteiger partial charge in [0.1, 0.15) is 11.5 Å². The maximum atomic E-state index is 14.1. The zero-order valence-electron chi connectivity index (χ0n) is 21.3. The molecule has 4 N–H and O–H groups in total. The molecule has 1 saturated heterocycles. The van der Waals surface area contributed by atoms with Gasteiger partial charge in [0.15, 0.2) is 0 Å². The predicted octanol–water partition coefficient (Wildman–Crippen LogP) is 5.29. The van der Waals surface area contributed by atoms with Crippen molar-refractivity contribution in [2.75, 3.05) is 5.32 Å². The first-order valence-corrected chi connectivity index (χ1v) is 13.6. The van der Waals surface area contributed by atoms with E-state index in [0.29, 0.717) is 34.3 Å². The van der Waals surface area contributed by atoms with Crippen LogP contribution in [0.2, 0.25) is 10.0 Å². The molecule has 1 saturated carbocycles. The molecule has 2 amide bonds. The number of hydrogen-bond donors (Lipinski definition) is 4. The van der Waals surface area contributed by atoms with E-state index in [-0.39, 0.29) is 29.4 Å². The lowest BCUT2D eigenvalue weighted by atomic mass is 9.65. The third-order valence-electron chi connectivity index (χ3n) is 7.66. The van der Waals surface area contributed by atoms with Crippen molar-refractivity contribution in [3.8, 4) is 0 Å². The van der Waals surface area contributed by atoms with Gasteiger partial charge in [0.25, 0.3) is 0 Å². The van der Waals surface area contributed by atoms with Crippen LogP contribution in [0, 0.1) is 5.41 Å². The van der Waals surface area contributed by atoms with Gasteiger partial charge in [0.2, 0.25) is 11.8 Å². The number of benzene rings is 2. The van der Waals surface area contributed by atoms with Gasteiger partial charge >= 0.3 is 0 Å². The van der Waals surface area contributed by atoms with Crippen molar-refractivity contribution < 1.29 is 14.7 Å². The van der Waals surface area contributed by atoms with Gasteiger partial charge in [-0.05, 0) is 66.5 Å². The highest BCUT2D eigenvalue weighted by molar-refractivity contribution is 6.31. The molecule has 1 spiro atoms. The number of aliphatic hydroxyl groups is 1. The molecule has 2 aromatic carbocycles. The second-order valence-corrected chi connectivity index (χ2v) is 12.4. The van der Waals surface area contributed by atoms with Crippen LogP contribution in [0.25, 0.3) is 0 Å². The summed E-state index contributed by atoms with van der Waals surface area (Å²) in [6, 6.07) is 12.1. The van der Waals surface area contributed by atoms with Gasteiger partial charge in [-0.25, -0.2) is 0 Å². The normalized spacial score (nSPS) is 30.2. The van der Waals surface area contributed by atoms with Crippen molar-refractivity contribution in [1.82, 2.24) is 10.6 Å². The van der Waals surface area contributed by atoms with Gasteiger partial charge in [-0.1, -0.05) is 68.2 Å². The Morgan fingerprint density at radius 3 is 2.46 bits per heavy atom. The van der Waals surface area contributed by atoms with Crippen molar-refractivity contribution >= 4 is 40.7 Å². The van der Waals surface area contributed by atoms with Gasteiger partial charge < -0.3 is 21.1 Å². The average Bonchev–Trinajstić information content (AvgIpc) is 3.29. The lowest BCUT2D eigenvalue weighted by Crippen LogP contribution is -2.49. The molecule has 1 aliphatic carbocycles. The Morgan fingerprint density at radius 1 is 1.08 bits per heavy atom. The summed E-state index contributed by atoms with van der Waals surface area (Å²) in [5, 5.41) is 20.7. The van der Waals surface area contributed by atoms with Crippen LogP contribution < -0.4 is 16.0 Å². The Labute approximate surface area is 227 Å². The Kier molecular flexibility index (Phi) is 6.80. The molecule has 196 valence electrons. The number of amides is 2. The van der Waals surface area contributed by atoms with Crippen molar-refractivity contribution in [2.24, 2.45) is 5.41 Å². The van der Waals surface area contributed by atoms with E-state index in [1.165, 1.54) is 0 Å². The van der Waals surface area contributed by atoms with Gasteiger partial charge in [-0.2, -0.15) is 0 Å². The van der Waals surface area contributed by atoms with E-state index in [9.17, 15) is 14.7 Å². The smallest absolute Gasteiger partial charge is 0.243 e. The van der Waals surface area contributed by atoms with Crippen LogP contribution in [0.5, 0.6) is 0 Å². The van der Waals surface area contributed by atoms with Crippen LogP contribution in [0.15, 0.2) is 54.2 Å². The van der Waals surface area contributed by atoms with Crippen molar-refractivity contribution in [1.29, 1.82) is 0 Å². The molecule has 2 aromatic rings. The van der Waals surface area contributed by atoms with Crippen LogP contribution in [-0.4, -0.2) is 35.1 Å². The number of hydrogen-bond acceptors (Lipinski definition) is 4. The molecular weight excluding hydrogens is 509 g/mol. The first-order chi connectivity index (χ1) is 17.5. The topological polar surface area (TPSA) is 90.5 Å². The Hall–Kier alpha value is -2.54. The number of halogens is 2. The molecule has 0 aromatic heterocycles. The first kappa shape index (κ1) is 26.1. The minimum atomic E-state index is -1.16. The van der Waals surface area contributed by atoms with Crippen LogP contribution in [-0.2, 0) is 15.0 Å².